The molecule has 3 N–H and O–H groups in total. The molecule has 1 aromatic rings. The number of rotatable bonds is 7. The van der Waals surface area contributed by atoms with Gasteiger partial charge in [-0.25, -0.2) is 0 Å². The fourth-order valence-electron chi connectivity index (χ4n) is 1.79. The zero-order valence-corrected chi connectivity index (χ0v) is 12.1. The van der Waals surface area contributed by atoms with Gasteiger partial charge in [-0.1, -0.05) is 13.8 Å². The molecule has 1 rings (SSSR count). The Hall–Kier alpha value is -0.710. The van der Waals surface area contributed by atoms with E-state index in [1.54, 1.807) is 18.9 Å². The van der Waals surface area contributed by atoms with Gasteiger partial charge in [-0.15, -0.1) is 11.8 Å². The number of ether oxygens (including phenoxy) is 1. The van der Waals surface area contributed by atoms with Crippen molar-refractivity contribution < 1.29 is 9.84 Å². The maximum absolute atomic E-state index is 9.45. The molecule has 0 aromatic heterocycles. The van der Waals surface area contributed by atoms with Crippen molar-refractivity contribution in [3.05, 3.63) is 24.3 Å². The summed E-state index contributed by atoms with van der Waals surface area (Å²) in [7, 11) is 1.65. The standard InChI is InChI=1S/C14H23NO2S/c1-10(2)8-13(15)14(9-16)18-12-6-4-11(17-3)5-7-12/h4-7,10,13-14,16H,8-9,15H2,1-3H3. The van der Waals surface area contributed by atoms with Crippen LogP contribution >= 0.6 is 11.8 Å². The van der Waals surface area contributed by atoms with Crippen LogP contribution in [0.1, 0.15) is 20.3 Å². The SMILES string of the molecule is COc1ccc(SC(CO)C(N)CC(C)C)cc1. The van der Waals surface area contributed by atoms with Crippen molar-refractivity contribution in [2.45, 2.75) is 36.5 Å². The molecule has 2 unspecified atom stereocenters. The number of thioether (sulfide) groups is 1. The van der Waals surface area contributed by atoms with Crippen LogP contribution in [0.3, 0.4) is 0 Å². The minimum atomic E-state index is 0.0158. The Bertz CT molecular complexity index is 340. The van der Waals surface area contributed by atoms with Crippen molar-refractivity contribution in [2.24, 2.45) is 11.7 Å². The van der Waals surface area contributed by atoms with Crippen LogP contribution in [0.15, 0.2) is 29.2 Å². The van der Waals surface area contributed by atoms with Gasteiger partial charge in [0.2, 0.25) is 0 Å². The molecule has 18 heavy (non-hydrogen) atoms. The largest absolute Gasteiger partial charge is 0.497 e. The van der Waals surface area contributed by atoms with Crippen LogP contribution in [0.25, 0.3) is 0 Å². The lowest BCUT2D eigenvalue weighted by Gasteiger charge is -2.23. The van der Waals surface area contributed by atoms with Crippen LogP contribution in [0.4, 0.5) is 0 Å². The van der Waals surface area contributed by atoms with Crippen molar-refractivity contribution in [1.29, 1.82) is 0 Å². The highest BCUT2D eigenvalue weighted by atomic mass is 32.2. The highest BCUT2D eigenvalue weighted by Crippen LogP contribution is 2.28. The minimum Gasteiger partial charge on any atom is -0.497 e. The molecule has 0 amide bonds. The number of aliphatic hydroxyl groups is 1. The van der Waals surface area contributed by atoms with E-state index >= 15 is 0 Å². The van der Waals surface area contributed by atoms with Crippen molar-refractivity contribution in [3.63, 3.8) is 0 Å². The van der Waals surface area contributed by atoms with E-state index in [1.165, 1.54) is 0 Å². The summed E-state index contributed by atoms with van der Waals surface area (Å²) in [6, 6.07) is 7.85. The average molecular weight is 269 g/mol. The van der Waals surface area contributed by atoms with E-state index in [1.807, 2.05) is 24.3 Å². The summed E-state index contributed by atoms with van der Waals surface area (Å²) >= 11 is 1.63. The minimum absolute atomic E-state index is 0.0158. The first-order valence-electron chi connectivity index (χ1n) is 6.24. The van der Waals surface area contributed by atoms with Crippen LogP contribution in [-0.2, 0) is 0 Å². The maximum atomic E-state index is 9.45. The molecule has 0 fully saturated rings. The molecular weight excluding hydrogens is 246 g/mol. The summed E-state index contributed by atoms with van der Waals surface area (Å²) in [5.41, 5.74) is 6.13. The van der Waals surface area contributed by atoms with E-state index in [2.05, 4.69) is 13.8 Å². The van der Waals surface area contributed by atoms with Gasteiger partial charge in [0.05, 0.1) is 13.7 Å². The second-order valence-electron chi connectivity index (χ2n) is 4.81. The summed E-state index contributed by atoms with van der Waals surface area (Å²) < 4.78 is 5.12. The molecule has 0 bridgehead atoms. The lowest BCUT2D eigenvalue weighted by Crippen LogP contribution is -2.36. The first-order valence-corrected chi connectivity index (χ1v) is 7.12. The second kappa shape index (κ2) is 7.67. The van der Waals surface area contributed by atoms with Gasteiger partial charge >= 0.3 is 0 Å². The van der Waals surface area contributed by atoms with E-state index in [0.29, 0.717) is 5.92 Å². The van der Waals surface area contributed by atoms with Crippen LogP contribution in [0.2, 0.25) is 0 Å². The Morgan fingerprint density at radius 2 is 1.89 bits per heavy atom. The topological polar surface area (TPSA) is 55.5 Å². The molecule has 3 nitrogen and oxygen atoms in total. The van der Waals surface area contributed by atoms with Gasteiger partial charge in [0.25, 0.3) is 0 Å². The molecule has 102 valence electrons. The predicted molar refractivity (Wildman–Crippen MR) is 77.2 cm³/mol. The fourth-order valence-corrected chi connectivity index (χ4v) is 2.79. The number of hydrogen-bond donors (Lipinski definition) is 2. The monoisotopic (exact) mass is 269 g/mol. The number of aliphatic hydroxyl groups excluding tert-OH is 1. The van der Waals surface area contributed by atoms with E-state index in [4.69, 9.17) is 10.5 Å². The third-order valence-electron chi connectivity index (χ3n) is 2.75. The first kappa shape index (κ1) is 15.3. The molecule has 0 spiro atoms. The molecule has 0 saturated carbocycles. The summed E-state index contributed by atoms with van der Waals surface area (Å²) in [6.45, 7) is 4.39. The van der Waals surface area contributed by atoms with Crippen LogP contribution in [0.5, 0.6) is 5.75 Å². The molecule has 0 heterocycles. The Kier molecular flexibility index (Phi) is 6.54. The van der Waals surface area contributed by atoms with Gasteiger partial charge in [0.15, 0.2) is 0 Å². The molecular formula is C14H23NO2S. The number of methoxy groups -OCH3 is 1. The number of benzene rings is 1. The van der Waals surface area contributed by atoms with Crippen LogP contribution < -0.4 is 10.5 Å². The van der Waals surface area contributed by atoms with Crippen molar-refractivity contribution in [1.82, 2.24) is 0 Å². The Labute approximate surface area is 114 Å². The van der Waals surface area contributed by atoms with Crippen molar-refractivity contribution in [2.75, 3.05) is 13.7 Å². The summed E-state index contributed by atoms with van der Waals surface area (Å²) in [4.78, 5) is 1.11. The van der Waals surface area contributed by atoms with Gasteiger partial charge in [-0.2, -0.15) is 0 Å². The molecule has 0 aliphatic heterocycles. The quantitative estimate of drug-likeness (QED) is 0.747. The molecule has 0 aliphatic rings. The normalized spacial score (nSPS) is 14.6. The van der Waals surface area contributed by atoms with Crippen molar-refractivity contribution >= 4 is 11.8 Å². The zero-order chi connectivity index (χ0) is 13.5. The lowest BCUT2D eigenvalue weighted by atomic mass is 10.0. The molecule has 4 heteroatoms. The number of hydrogen-bond acceptors (Lipinski definition) is 4. The summed E-state index contributed by atoms with van der Waals surface area (Å²) in [5.74, 6) is 1.39. The lowest BCUT2D eigenvalue weighted by molar-refractivity contribution is 0.275. The zero-order valence-electron chi connectivity index (χ0n) is 11.3. The van der Waals surface area contributed by atoms with Gasteiger partial charge in [0.1, 0.15) is 5.75 Å². The third kappa shape index (κ3) is 4.88. The van der Waals surface area contributed by atoms with Gasteiger partial charge in [0, 0.05) is 16.2 Å². The van der Waals surface area contributed by atoms with E-state index in [-0.39, 0.29) is 17.9 Å². The van der Waals surface area contributed by atoms with Crippen LogP contribution in [0, 0.1) is 5.92 Å². The molecule has 0 saturated heterocycles. The molecule has 1 aromatic carbocycles. The highest BCUT2D eigenvalue weighted by molar-refractivity contribution is 8.00. The third-order valence-corrected chi connectivity index (χ3v) is 4.09. The second-order valence-corrected chi connectivity index (χ2v) is 6.12. The Balaban J connectivity index is 2.61. The van der Waals surface area contributed by atoms with Crippen LogP contribution in [-0.4, -0.2) is 30.1 Å². The summed E-state index contributed by atoms with van der Waals surface area (Å²) in [6.07, 6.45) is 0.925. The first-order chi connectivity index (χ1) is 8.56. The molecule has 0 radical (unpaired) electrons. The summed E-state index contributed by atoms with van der Waals surface area (Å²) in [5, 5.41) is 9.49. The van der Waals surface area contributed by atoms with E-state index < -0.39 is 0 Å². The Morgan fingerprint density at radius 3 is 2.33 bits per heavy atom. The van der Waals surface area contributed by atoms with E-state index in [9.17, 15) is 5.11 Å². The average Bonchev–Trinajstić information content (AvgIpc) is 2.35. The van der Waals surface area contributed by atoms with E-state index in [0.717, 1.165) is 17.1 Å². The smallest absolute Gasteiger partial charge is 0.118 e. The predicted octanol–water partition coefficient (Wildman–Crippen LogP) is 2.52. The maximum Gasteiger partial charge on any atom is 0.118 e. The van der Waals surface area contributed by atoms with Gasteiger partial charge in [-0.3, -0.25) is 0 Å². The fraction of sp³-hybridized carbons (Fsp3) is 0.571. The van der Waals surface area contributed by atoms with Gasteiger partial charge in [-0.05, 0) is 36.6 Å². The molecule has 2 atom stereocenters. The number of nitrogens with two attached hydrogens (primary N) is 1. The highest BCUT2D eigenvalue weighted by Gasteiger charge is 2.19. The van der Waals surface area contributed by atoms with Gasteiger partial charge < -0.3 is 15.6 Å². The molecule has 0 aliphatic carbocycles. The van der Waals surface area contributed by atoms with Crippen molar-refractivity contribution in [3.8, 4) is 5.75 Å². The Morgan fingerprint density at radius 1 is 1.28 bits per heavy atom.